The maximum atomic E-state index is 12.7. The number of nitrogens with one attached hydrogen (secondary N) is 2. The summed E-state index contributed by atoms with van der Waals surface area (Å²) in [4.78, 5) is 39.1. The fourth-order valence-electron chi connectivity index (χ4n) is 5.39. The van der Waals surface area contributed by atoms with Crippen molar-refractivity contribution in [3.8, 4) is 22.9 Å². The third-order valence-electron chi connectivity index (χ3n) is 7.84. The molecule has 3 atom stereocenters. The number of likely N-dealkylation sites (tertiary alicyclic amines) is 1. The van der Waals surface area contributed by atoms with Crippen molar-refractivity contribution in [3.05, 3.63) is 66.5 Å². The van der Waals surface area contributed by atoms with E-state index in [1.165, 1.54) is 4.90 Å². The first-order chi connectivity index (χ1) is 19.9. The van der Waals surface area contributed by atoms with E-state index in [1.54, 1.807) is 18.5 Å². The van der Waals surface area contributed by atoms with Crippen molar-refractivity contribution in [2.24, 2.45) is 11.8 Å². The summed E-state index contributed by atoms with van der Waals surface area (Å²) in [6.45, 7) is 4.98. The summed E-state index contributed by atoms with van der Waals surface area (Å²) in [5.74, 6) is 2.01. The minimum Gasteiger partial charge on any atom is -0.465 e. The molecular formula is C31H32N6O4. The van der Waals surface area contributed by atoms with Crippen LogP contribution in [0.5, 0.6) is 11.6 Å². The Morgan fingerprint density at radius 2 is 1.90 bits per heavy atom. The molecule has 2 aromatic heterocycles. The van der Waals surface area contributed by atoms with Gasteiger partial charge in [0.2, 0.25) is 17.7 Å². The second-order valence-electron chi connectivity index (χ2n) is 10.9. The molecule has 1 saturated carbocycles. The van der Waals surface area contributed by atoms with Gasteiger partial charge in [0.1, 0.15) is 5.75 Å². The molecule has 10 nitrogen and oxygen atoms in total. The maximum absolute atomic E-state index is 12.7. The number of nitrogens with zero attached hydrogens (tertiary/aromatic N) is 4. The number of aryl methyl sites for hydroxylation is 1. The molecule has 2 amide bonds. The van der Waals surface area contributed by atoms with Crippen LogP contribution in [0.3, 0.4) is 0 Å². The normalized spacial score (nSPS) is 20.0. The van der Waals surface area contributed by atoms with Crippen LogP contribution in [0, 0.1) is 18.8 Å². The molecule has 3 N–H and O–H groups in total. The molecule has 41 heavy (non-hydrogen) atoms. The number of rotatable bonds is 7. The Morgan fingerprint density at radius 1 is 1.05 bits per heavy atom. The second kappa shape index (κ2) is 11.0. The van der Waals surface area contributed by atoms with E-state index in [0.717, 1.165) is 41.3 Å². The van der Waals surface area contributed by atoms with Crippen LogP contribution in [0.1, 0.15) is 31.7 Å². The van der Waals surface area contributed by atoms with E-state index < -0.39 is 6.09 Å². The first-order valence-corrected chi connectivity index (χ1v) is 13.9. The third-order valence-corrected chi connectivity index (χ3v) is 7.84. The largest absolute Gasteiger partial charge is 0.465 e. The highest BCUT2D eigenvalue weighted by Gasteiger charge is 2.39. The summed E-state index contributed by atoms with van der Waals surface area (Å²) in [5, 5.41) is 17.5. The fraction of sp³-hybridized carbons (Fsp3) is 0.323. The number of hydrogen-bond donors (Lipinski definition) is 3. The van der Waals surface area contributed by atoms with E-state index in [4.69, 9.17) is 9.72 Å². The first-order valence-electron chi connectivity index (χ1n) is 13.9. The van der Waals surface area contributed by atoms with E-state index in [9.17, 15) is 14.7 Å². The quantitative estimate of drug-likeness (QED) is 0.257. The van der Waals surface area contributed by atoms with Crippen LogP contribution in [0.15, 0.2) is 60.9 Å². The Kier molecular flexibility index (Phi) is 7.13. The summed E-state index contributed by atoms with van der Waals surface area (Å²) < 4.78 is 6.50. The number of pyridine rings is 1. The molecule has 0 spiro atoms. The average Bonchev–Trinajstić information content (AvgIpc) is 3.72. The zero-order valence-electron chi connectivity index (χ0n) is 23.0. The summed E-state index contributed by atoms with van der Waals surface area (Å²) in [7, 11) is 0. The number of anilines is 2. The summed E-state index contributed by atoms with van der Waals surface area (Å²) in [6.07, 6.45) is 4.96. The highest BCUT2D eigenvalue weighted by molar-refractivity contribution is 6.05. The van der Waals surface area contributed by atoms with Crippen molar-refractivity contribution < 1.29 is 19.4 Å². The van der Waals surface area contributed by atoms with E-state index in [2.05, 4.69) is 27.5 Å². The molecule has 1 unspecified atom stereocenters. The number of fused-ring (bicyclic) bond motifs is 1. The minimum atomic E-state index is -0.918. The second-order valence-corrected chi connectivity index (χ2v) is 10.9. The SMILES string of the molecule is Cc1ccc2c(NC(=O)[C@H]3C[C@H]3C)cccc2c1Oc1ncccc1-c1ccnc(NC2CCCN(C(=O)O)C2)n1. The molecule has 10 heteroatoms. The molecule has 0 radical (unpaired) electrons. The van der Waals surface area contributed by atoms with Crippen molar-refractivity contribution in [2.45, 2.75) is 39.2 Å². The summed E-state index contributed by atoms with van der Waals surface area (Å²) in [5.41, 5.74) is 3.00. The number of carboxylic acid groups (broad SMARTS) is 1. The van der Waals surface area contributed by atoms with Gasteiger partial charge in [0.15, 0.2) is 0 Å². The molecule has 4 aromatic rings. The molecule has 1 aliphatic carbocycles. The van der Waals surface area contributed by atoms with Gasteiger partial charge in [-0.3, -0.25) is 4.79 Å². The van der Waals surface area contributed by atoms with Crippen molar-refractivity contribution in [2.75, 3.05) is 23.7 Å². The molecule has 2 aliphatic rings. The smallest absolute Gasteiger partial charge is 0.407 e. The van der Waals surface area contributed by atoms with E-state index in [-0.39, 0.29) is 17.9 Å². The monoisotopic (exact) mass is 552 g/mol. The number of benzene rings is 2. The topological polar surface area (TPSA) is 130 Å². The van der Waals surface area contributed by atoms with Crippen LogP contribution < -0.4 is 15.4 Å². The molecule has 2 fully saturated rings. The molecule has 1 aliphatic heterocycles. The van der Waals surface area contributed by atoms with Crippen LogP contribution in [0.2, 0.25) is 0 Å². The number of carbonyl (C=O) groups excluding carboxylic acids is 1. The number of amides is 2. The Bertz CT molecular complexity index is 1630. The summed E-state index contributed by atoms with van der Waals surface area (Å²) in [6, 6.07) is 15.2. The average molecular weight is 553 g/mol. The van der Waals surface area contributed by atoms with Crippen LogP contribution >= 0.6 is 0 Å². The van der Waals surface area contributed by atoms with Gasteiger partial charge in [-0.2, -0.15) is 0 Å². The summed E-state index contributed by atoms with van der Waals surface area (Å²) >= 11 is 0. The van der Waals surface area contributed by atoms with E-state index in [1.807, 2.05) is 49.4 Å². The zero-order valence-corrected chi connectivity index (χ0v) is 23.0. The third kappa shape index (κ3) is 5.63. The predicted molar refractivity (Wildman–Crippen MR) is 156 cm³/mol. The molecule has 210 valence electrons. The first kappa shape index (κ1) is 26.5. The Morgan fingerprint density at radius 3 is 2.71 bits per heavy atom. The van der Waals surface area contributed by atoms with Gasteiger partial charge in [-0.25, -0.2) is 19.7 Å². The molecule has 3 heterocycles. The van der Waals surface area contributed by atoms with Crippen LogP contribution in [0.4, 0.5) is 16.4 Å². The van der Waals surface area contributed by atoms with Crippen LogP contribution in [-0.2, 0) is 4.79 Å². The predicted octanol–water partition coefficient (Wildman–Crippen LogP) is 5.94. The standard InChI is InChI=1S/C31H32N6O4/c1-18-10-11-21-22(7-3-9-25(21)35-28(38)24-16-19(24)2)27(18)41-29-23(8-4-13-32-29)26-12-14-33-30(36-26)34-20-6-5-15-37(17-20)31(39)40/h3-4,7-14,19-20,24H,5-6,15-17H2,1-2H3,(H,35,38)(H,39,40)(H,33,34,36)/t19-,20?,24+/m1/s1. The highest BCUT2D eigenvalue weighted by atomic mass is 16.5. The molecular weight excluding hydrogens is 520 g/mol. The van der Waals surface area contributed by atoms with Crippen molar-refractivity contribution >= 4 is 34.4 Å². The van der Waals surface area contributed by atoms with Crippen molar-refractivity contribution in [3.63, 3.8) is 0 Å². The van der Waals surface area contributed by atoms with Gasteiger partial charge < -0.3 is 25.4 Å². The van der Waals surface area contributed by atoms with Gasteiger partial charge >= 0.3 is 6.09 Å². The molecule has 6 rings (SSSR count). The van der Waals surface area contributed by atoms with E-state index >= 15 is 0 Å². The van der Waals surface area contributed by atoms with Gasteiger partial charge in [-0.1, -0.05) is 31.2 Å². The lowest BCUT2D eigenvalue weighted by atomic mass is 10.0. The Hall–Kier alpha value is -4.73. The van der Waals surface area contributed by atoms with Gasteiger partial charge in [0.25, 0.3) is 0 Å². The molecule has 2 aromatic carbocycles. The van der Waals surface area contributed by atoms with Gasteiger partial charge in [-0.05, 0) is 61.9 Å². The van der Waals surface area contributed by atoms with Crippen LogP contribution in [-0.4, -0.2) is 56.1 Å². The highest BCUT2D eigenvalue weighted by Crippen LogP contribution is 2.41. The minimum absolute atomic E-state index is 0.0529. The van der Waals surface area contributed by atoms with Gasteiger partial charge in [0.05, 0.1) is 11.3 Å². The van der Waals surface area contributed by atoms with Crippen LogP contribution in [0.25, 0.3) is 22.0 Å². The lowest BCUT2D eigenvalue weighted by Crippen LogP contribution is -2.44. The number of piperidine rings is 1. The Balaban J connectivity index is 1.28. The fourth-order valence-corrected chi connectivity index (χ4v) is 5.39. The van der Waals surface area contributed by atoms with Gasteiger partial charge in [-0.15, -0.1) is 0 Å². The zero-order chi connectivity index (χ0) is 28.5. The van der Waals surface area contributed by atoms with E-state index in [0.29, 0.717) is 47.8 Å². The maximum Gasteiger partial charge on any atom is 0.407 e. The lowest BCUT2D eigenvalue weighted by Gasteiger charge is -2.31. The number of ether oxygens (including phenoxy) is 1. The molecule has 1 saturated heterocycles. The molecule has 0 bridgehead atoms. The van der Waals surface area contributed by atoms with Gasteiger partial charge in [0, 0.05) is 53.9 Å². The Labute approximate surface area is 237 Å². The lowest BCUT2D eigenvalue weighted by molar-refractivity contribution is -0.117. The number of hydrogen-bond acceptors (Lipinski definition) is 7. The number of aromatic nitrogens is 3. The van der Waals surface area contributed by atoms with Crippen molar-refractivity contribution in [1.29, 1.82) is 0 Å². The van der Waals surface area contributed by atoms with Crippen molar-refractivity contribution in [1.82, 2.24) is 19.9 Å². The number of carbonyl (C=O) groups is 2.